The van der Waals surface area contributed by atoms with Crippen molar-refractivity contribution in [3.8, 4) is 0 Å². The molecule has 1 fully saturated rings. The molecule has 0 aliphatic carbocycles. The second kappa shape index (κ2) is 4.88. The molecule has 8 heteroatoms. The first kappa shape index (κ1) is 13.1. The highest BCUT2D eigenvalue weighted by Gasteiger charge is 2.22. The quantitative estimate of drug-likeness (QED) is 0.450. The van der Waals surface area contributed by atoms with Crippen molar-refractivity contribution < 1.29 is 9.80 Å². The van der Waals surface area contributed by atoms with Gasteiger partial charge in [-0.15, -0.1) is 0 Å². The average molecular weight is 280 g/mol. The summed E-state index contributed by atoms with van der Waals surface area (Å²) in [4.78, 5) is 36.0. The van der Waals surface area contributed by atoms with Crippen molar-refractivity contribution in [2.24, 2.45) is 7.05 Å². The first-order valence-corrected chi connectivity index (χ1v) is 6.87. The Bertz CT molecular complexity index is 734. The van der Waals surface area contributed by atoms with Crippen LogP contribution in [0.2, 0.25) is 0 Å². The number of nitrogens with zero attached hydrogens (tertiary/aromatic N) is 2. The van der Waals surface area contributed by atoms with Gasteiger partial charge in [-0.1, -0.05) is 0 Å². The van der Waals surface area contributed by atoms with Crippen LogP contribution in [0.15, 0.2) is 9.59 Å². The maximum atomic E-state index is 11.8. The number of imidazole rings is 1. The molecule has 0 aromatic carbocycles. The second-order valence-corrected chi connectivity index (χ2v) is 5.58. The smallest absolute Gasteiger partial charge is 0.329 e. The van der Waals surface area contributed by atoms with Crippen LogP contribution < -0.4 is 21.0 Å². The summed E-state index contributed by atoms with van der Waals surface area (Å²) >= 11 is 0. The Hall–Kier alpha value is -1.93. The van der Waals surface area contributed by atoms with E-state index in [1.165, 1.54) is 9.47 Å². The van der Waals surface area contributed by atoms with Gasteiger partial charge >= 0.3 is 5.69 Å². The molecule has 20 heavy (non-hydrogen) atoms. The highest BCUT2D eigenvalue weighted by atomic mass is 16.2. The van der Waals surface area contributed by atoms with Crippen LogP contribution in [0.25, 0.3) is 11.2 Å². The largest absolute Gasteiger partial charge is 0.331 e. The topological polar surface area (TPSA) is 92.4 Å². The molecule has 0 atom stereocenters. The van der Waals surface area contributed by atoms with Gasteiger partial charge in [0.25, 0.3) is 5.56 Å². The molecule has 3 heterocycles. The fourth-order valence-corrected chi connectivity index (χ4v) is 2.68. The summed E-state index contributed by atoms with van der Waals surface area (Å²) in [6, 6.07) is 0. The standard InChI is InChI=1S/C12H18N6O2/c1-16-3-5-18(6-4-16)7-8-13-9-10(14-8)17(2)12(20)15-11(9)19/h3-7H2,1-2H3,(H,13,14)(H,15,19,20)/p+2. The van der Waals surface area contributed by atoms with Crippen LogP contribution >= 0.6 is 0 Å². The third kappa shape index (κ3) is 2.27. The summed E-state index contributed by atoms with van der Waals surface area (Å²) in [5.41, 5.74) is -0.0371. The molecular formula is C12H20N6O2+2. The van der Waals surface area contributed by atoms with Crippen molar-refractivity contribution in [1.29, 1.82) is 0 Å². The van der Waals surface area contributed by atoms with Crippen LogP contribution in [-0.2, 0) is 13.6 Å². The molecule has 0 bridgehead atoms. The maximum Gasteiger partial charge on any atom is 0.329 e. The summed E-state index contributed by atoms with van der Waals surface area (Å²) in [7, 11) is 3.81. The number of aromatic nitrogens is 4. The minimum atomic E-state index is -0.434. The minimum absolute atomic E-state index is 0.376. The average Bonchev–Trinajstić information content (AvgIpc) is 2.83. The normalized spacial score (nSPS) is 23.3. The first-order chi connectivity index (χ1) is 9.54. The molecule has 2 aromatic rings. The molecular weight excluding hydrogens is 260 g/mol. The van der Waals surface area contributed by atoms with Gasteiger partial charge in [0.1, 0.15) is 38.2 Å². The number of fused-ring (bicyclic) bond motifs is 1. The van der Waals surface area contributed by atoms with Gasteiger partial charge in [0.2, 0.25) is 0 Å². The summed E-state index contributed by atoms with van der Waals surface area (Å²) < 4.78 is 1.36. The zero-order valence-corrected chi connectivity index (χ0v) is 11.7. The van der Waals surface area contributed by atoms with E-state index in [0.29, 0.717) is 11.2 Å². The Morgan fingerprint density at radius 1 is 1.20 bits per heavy atom. The summed E-state index contributed by atoms with van der Waals surface area (Å²) in [6.45, 7) is 5.25. The maximum absolute atomic E-state index is 11.8. The van der Waals surface area contributed by atoms with E-state index in [1.54, 1.807) is 11.9 Å². The van der Waals surface area contributed by atoms with Crippen LogP contribution in [0, 0.1) is 0 Å². The lowest BCUT2D eigenvalue weighted by atomic mass is 10.3. The third-order valence-electron chi connectivity index (χ3n) is 4.03. The number of hydrogen-bond acceptors (Lipinski definition) is 3. The number of aromatic amines is 2. The van der Waals surface area contributed by atoms with Gasteiger partial charge in [-0.3, -0.25) is 14.3 Å². The lowest BCUT2D eigenvalue weighted by molar-refractivity contribution is -1.01. The number of H-pyrrole nitrogens is 2. The van der Waals surface area contributed by atoms with Crippen molar-refractivity contribution >= 4 is 11.2 Å². The Morgan fingerprint density at radius 2 is 1.90 bits per heavy atom. The van der Waals surface area contributed by atoms with Gasteiger partial charge < -0.3 is 14.8 Å². The van der Waals surface area contributed by atoms with Crippen molar-refractivity contribution in [3.63, 3.8) is 0 Å². The number of likely N-dealkylation sites (N-methyl/N-ethyl adjacent to an activating group) is 1. The van der Waals surface area contributed by atoms with E-state index in [1.807, 2.05) is 0 Å². The van der Waals surface area contributed by atoms with E-state index >= 15 is 0 Å². The Labute approximate surface area is 115 Å². The van der Waals surface area contributed by atoms with E-state index in [2.05, 4.69) is 22.0 Å². The molecule has 1 aliphatic heterocycles. The Kier molecular flexibility index (Phi) is 3.19. The molecule has 8 nitrogen and oxygen atoms in total. The molecule has 108 valence electrons. The van der Waals surface area contributed by atoms with E-state index in [9.17, 15) is 9.59 Å². The van der Waals surface area contributed by atoms with E-state index in [4.69, 9.17) is 0 Å². The van der Waals surface area contributed by atoms with Gasteiger partial charge in [0, 0.05) is 7.05 Å². The van der Waals surface area contributed by atoms with E-state index < -0.39 is 11.2 Å². The number of rotatable bonds is 2. The molecule has 3 rings (SSSR count). The van der Waals surface area contributed by atoms with Crippen molar-refractivity contribution in [1.82, 2.24) is 19.5 Å². The lowest BCUT2D eigenvalue weighted by Gasteiger charge is -2.26. The molecule has 0 spiro atoms. The zero-order valence-electron chi connectivity index (χ0n) is 11.7. The molecule has 4 N–H and O–H groups in total. The fourth-order valence-electron chi connectivity index (χ4n) is 2.68. The highest BCUT2D eigenvalue weighted by Crippen LogP contribution is 2.02. The van der Waals surface area contributed by atoms with Gasteiger partial charge in [0.05, 0.1) is 7.05 Å². The van der Waals surface area contributed by atoms with Crippen LogP contribution in [-0.4, -0.2) is 52.7 Å². The first-order valence-electron chi connectivity index (χ1n) is 6.87. The zero-order chi connectivity index (χ0) is 14.3. The molecule has 2 aromatic heterocycles. The number of aryl methyl sites for hydroxylation is 1. The van der Waals surface area contributed by atoms with Gasteiger partial charge in [-0.25, -0.2) is 9.78 Å². The number of hydrogen-bond donors (Lipinski definition) is 4. The van der Waals surface area contributed by atoms with Crippen LogP contribution in [0.5, 0.6) is 0 Å². The SMILES string of the molecule is Cn1c(=O)[nH]c(=O)c2[nH]c(C[NH+]3CC[NH+](C)CC3)nc21. The minimum Gasteiger partial charge on any atom is -0.331 e. The van der Waals surface area contributed by atoms with Crippen molar-refractivity contribution in [3.05, 3.63) is 26.7 Å². The summed E-state index contributed by atoms with van der Waals surface area (Å²) in [5, 5.41) is 0. The van der Waals surface area contributed by atoms with Crippen LogP contribution in [0.4, 0.5) is 0 Å². The molecule has 1 saturated heterocycles. The van der Waals surface area contributed by atoms with Gasteiger partial charge in [-0.2, -0.15) is 0 Å². The summed E-state index contributed by atoms with van der Waals surface area (Å²) in [5.74, 6) is 0.765. The molecule has 1 aliphatic rings. The lowest BCUT2D eigenvalue weighted by Crippen LogP contribution is -3.26. The second-order valence-electron chi connectivity index (χ2n) is 5.58. The molecule has 0 unspecified atom stereocenters. The van der Waals surface area contributed by atoms with Gasteiger partial charge in [-0.05, 0) is 0 Å². The third-order valence-corrected chi connectivity index (χ3v) is 4.03. The fraction of sp³-hybridized carbons (Fsp3) is 0.583. The van der Waals surface area contributed by atoms with Gasteiger partial charge in [0.15, 0.2) is 11.5 Å². The monoisotopic (exact) mass is 280 g/mol. The predicted octanol–water partition coefficient (Wildman–Crippen LogP) is -4.14. The molecule has 0 radical (unpaired) electrons. The van der Waals surface area contributed by atoms with Crippen LogP contribution in [0.1, 0.15) is 5.82 Å². The number of nitrogens with one attached hydrogen (secondary N) is 4. The summed E-state index contributed by atoms with van der Waals surface area (Å²) in [6.07, 6.45) is 0. The number of piperazine rings is 1. The predicted molar refractivity (Wildman–Crippen MR) is 73.0 cm³/mol. The van der Waals surface area contributed by atoms with Crippen LogP contribution in [0.3, 0.4) is 0 Å². The Balaban J connectivity index is 1.90. The Morgan fingerprint density at radius 3 is 2.60 bits per heavy atom. The molecule has 0 amide bonds. The molecule has 0 saturated carbocycles. The van der Waals surface area contributed by atoms with E-state index in [0.717, 1.165) is 38.5 Å². The highest BCUT2D eigenvalue weighted by molar-refractivity contribution is 5.69. The van der Waals surface area contributed by atoms with Crippen molar-refractivity contribution in [2.75, 3.05) is 33.2 Å². The van der Waals surface area contributed by atoms with E-state index in [-0.39, 0.29) is 0 Å². The van der Waals surface area contributed by atoms with Crippen molar-refractivity contribution in [2.45, 2.75) is 6.54 Å². The number of quaternary nitrogens is 2.